The SMILES string of the molecule is CCc1c(Cl)c2cccc(Cl)c2c(=O)n1-c1ccccc1. The summed E-state index contributed by atoms with van der Waals surface area (Å²) in [6.45, 7) is 1.98. The van der Waals surface area contributed by atoms with Gasteiger partial charge in [0, 0.05) is 16.8 Å². The van der Waals surface area contributed by atoms with E-state index in [0.29, 0.717) is 27.2 Å². The van der Waals surface area contributed by atoms with Crippen LogP contribution in [-0.2, 0) is 6.42 Å². The Morgan fingerprint density at radius 3 is 2.38 bits per heavy atom. The van der Waals surface area contributed by atoms with Crippen molar-refractivity contribution in [3.63, 3.8) is 0 Å². The van der Waals surface area contributed by atoms with E-state index < -0.39 is 0 Å². The number of fused-ring (bicyclic) bond motifs is 1. The lowest BCUT2D eigenvalue weighted by Crippen LogP contribution is -2.22. The van der Waals surface area contributed by atoms with Gasteiger partial charge in [-0.1, -0.05) is 60.5 Å². The molecule has 0 aliphatic heterocycles. The van der Waals surface area contributed by atoms with Crippen LogP contribution in [0.2, 0.25) is 10.0 Å². The zero-order chi connectivity index (χ0) is 15.0. The number of aromatic nitrogens is 1. The van der Waals surface area contributed by atoms with Crippen LogP contribution in [-0.4, -0.2) is 4.57 Å². The zero-order valence-corrected chi connectivity index (χ0v) is 12.9. The Balaban J connectivity index is 2.53. The third kappa shape index (κ3) is 2.25. The molecule has 0 unspecified atom stereocenters. The number of hydrogen-bond donors (Lipinski definition) is 0. The lowest BCUT2D eigenvalue weighted by molar-refractivity contribution is 0.889. The molecule has 2 nitrogen and oxygen atoms in total. The van der Waals surface area contributed by atoms with E-state index in [1.807, 2.05) is 49.4 Å². The van der Waals surface area contributed by atoms with Gasteiger partial charge in [-0.3, -0.25) is 9.36 Å². The minimum Gasteiger partial charge on any atom is -0.279 e. The normalized spacial score (nSPS) is 11.0. The first-order chi connectivity index (χ1) is 10.1. The fourth-order valence-electron chi connectivity index (χ4n) is 2.58. The Labute approximate surface area is 132 Å². The molecular weight excluding hydrogens is 305 g/mol. The van der Waals surface area contributed by atoms with Crippen molar-refractivity contribution in [2.45, 2.75) is 13.3 Å². The largest absolute Gasteiger partial charge is 0.279 e. The second kappa shape index (κ2) is 5.55. The Morgan fingerprint density at radius 2 is 1.71 bits per heavy atom. The predicted molar refractivity (Wildman–Crippen MR) is 88.9 cm³/mol. The molecule has 3 rings (SSSR count). The first kappa shape index (κ1) is 14.2. The number of pyridine rings is 1. The first-order valence-corrected chi connectivity index (χ1v) is 7.47. The summed E-state index contributed by atoms with van der Waals surface area (Å²) < 4.78 is 1.65. The summed E-state index contributed by atoms with van der Waals surface area (Å²) >= 11 is 12.7. The van der Waals surface area contributed by atoms with Crippen molar-refractivity contribution in [2.75, 3.05) is 0 Å². The van der Waals surface area contributed by atoms with Gasteiger partial charge in [-0.05, 0) is 24.6 Å². The van der Waals surface area contributed by atoms with E-state index in [1.54, 1.807) is 10.6 Å². The molecule has 0 saturated carbocycles. The molecule has 21 heavy (non-hydrogen) atoms. The molecule has 1 heterocycles. The molecule has 4 heteroatoms. The lowest BCUT2D eigenvalue weighted by atomic mass is 10.1. The van der Waals surface area contributed by atoms with Gasteiger partial charge in [0.1, 0.15) is 0 Å². The molecule has 0 N–H and O–H groups in total. The maximum Gasteiger partial charge on any atom is 0.264 e. The van der Waals surface area contributed by atoms with Crippen molar-refractivity contribution in [1.82, 2.24) is 4.57 Å². The smallest absolute Gasteiger partial charge is 0.264 e. The van der Waals surface area contributed by atoms with Gasteiger partial charge in [-0.15, -0.1) is 0 Å². The highest BCUT2D eigenvalue weighted by molar-refractivity contribution is 6.39. The summed E-state index contributed by atoms with van der Waals surface area (Å²) in [6.07, 6.45) is 0.658. The molecule has 0 atom stereocenters. The van der Waals surface area contributed by atoms with Crippen molar-refractivity contribution < 1.29 is 0 Å². The van der Waals surface area contributed by atoms with E-state index in [4.69, 9.17) is 23.2 Å². The second-order valence-electron chi connectivity index (χ2n) is 4.75. The van der Waals surface area contributed by atoms with E-state index in [-0.39, 0.29) is 5.56 Å². The van der Waals surface area contributed by atoms with Crippen molar-refractivity contribution in [3.8, 4) is 5.69 Å². The molecule has 0 amide bonds. The number of para-hydroxylation sites is 1. The van der Waals surface area contributed by atoms with E-state index in [0.717, 1.165) is 11.4 Å². The van der Waals surface area contributed by atoms with Crippen LogP contribution in [0.15, 0.2) is 53.3 Å². The minimum atomic E-state index is -0.136. The molecular formula is C17H13Cl2NO. The van der Waals surface area contributed by atoms with E-state index in [1.165, 1.54) is 0 Å². The fraction of sp³-hybridized carbons (Fsp3) is 0.118. The predicted octanol–water partition coefficient (Wildman–Crippen LogP) is 4.86. The van der Waals surface area contributed by atoms with Gasteiger partial charge in [0.25, 0.3) is 5.56 Å². The molecule has 1 aromatic heterocycles. The third-order valence-corrected chi connectivity index (χ3v) is 4.28. The Bertz CT molecular complexity index is 869. The maximum absolute atomic E-state index is 12.9. The van der Waals surface area contributed by atoms with Crippen molar-refractivity contribution >= 4 is 34.0 Å². The van der Waals surface area contributed by atoms with Crippen LogP contribution in [0.4, 0.5) is 0 Å². The van der Waals surface area contributed by atoms with Gasteiger partial charge in [-0.2, -0.15) is 0 Å². The summed E-state index contributed by atoms with van der Waals surface area (Å²) in [7, 11) is 0. The minimum absolute atomic E-state index is 0.136. The molecule has 0 aliphatic carbocycles. The van der Waals surface area contributed by atoms with Crippen LogP contribution in [0.5, 0.6) is 0 Å². The van der Waals surface area contributed by atoms with E-state index >= 15 is 0 Å². The average molecular weight is 318 g/mol. The van der Waals surface area contributed by atoms with E-state index in [2.05, 4.69) is 0 Å². The molecule has 0 saturated heterocycles. The van der Waals surface area contributed by atoms with Crippen LogP contribution < -0.4 is 5.56 Å². The highest BCUT2D eigenvalue weighted by Gasteiger charge is 2.17. The monoisotopic (exact) mass is 317 g/mol. The Hall–Kier alpha value is -1.77. The standard InChI is InChI=1S/C17H13Cl2NO/c1-2-14-16(19)12-9-6-10-13(18)15(12)17(21)20(14)11-7-4-3-5-8-11/h3-10H,2H2,1H3. The van der Waals surface area contributed by atoms with E-state index in [9.17, 15) is 4.79 Å². The van der Waals surface area contributed by atoms with Crippen LogP contribution >= 0.6 is 23.2 Å². The summed E-state index contributed by atoms with van der Waals surface area (Å²) in [5.41, 5.74) is 1.45. The third-order valence-electron chi connectivity index (χ3n) is 3.54. The van der Waals surface area contributed by atoms with Gasteiger partial charge in [0.05, 0.1) is 15.4 Å². The van der Waals surface area contributed by atoms with Crippen LogP contribution in [0, 0.1) is 0 Å². The summed E-state index contributed by atoms with van der Waals surface area (Å²) in [6, 6.07) is 14.8. The number of rotatable bonds is 2. The van der Waals surface area contributed by atoms with Gasteiger partial charge in [-0.25, -0.2) is 0 Å². The second-order valence-corrected chi connectivity index (χ2v) is 5.54. The molecule has 0 spiro atoms. The van der Waals surface area contributed by atoms with Crippen LogP contribution in [0.1, 0.15) is 12.6 Å². The topological polar surface area (TPSA) is 22.0 Å². The lowest BCUT2D eigenvalue weighted by Gasteiger charge is -2.16. The van der Waals surface area contributed by atoms with Crippen LogP contribution in [0.3, 0.4) is 0 Å². The van der Waals surface area contributed by atoms with Gasteiger partial charge in [0.2, 0.25) is 0 Å². The van der Waals surface area contributed by atoms with Crippen molar-refractivity contribution in [3.05, 3.63) is 74.6 Å². The van der Waals surface area contributed by atoms with Crippen molar-refractivity contribution in [2.24, 2.45) is 0 Å². The highest BCUT2D eigenvalue weighted by atomic mass is 35.5. The van der Waals surface area contributed by atoms with Crippen LogP contribution in [0.25, 0.3) is 16.5 Å². The number of benzene rings is 2. The zero-order valence-electron chi connectivity index (χ0n) is 11.4. The first-order valence-electron chi connectivity index (χ1n) is 6.72. The van der Waals surface area contributed by atoms with Gasteiger partial charge >= 0.3 is 0 Å². The number of hydrogen-bond acceptors (Lipinski definition) is 1. The molecule has 0 radical (unpaired) electrons. The van der Waals surface area contributed by atoms with Crippen molar-refractivity contribution in [1.29, 1.82) is 0 Å². The van der Waals surface area contributed by atoms with Gasteiger partial charge < -0.3 is 0 Å². The number of halogens is 2. The Kier molecular flexibility index (Phi) is 3.75. The number of nitrogens with zero attached hydrogens (tertiary/aromatic N) is 1. The molecule has 2 aromatic carbocycles. The molecule has 3 aromatic rings. The maximum atomic E-state index is 12.9. The Morgan fingerprint density at radius 1 is 1.00 bits per heavy atom. The molecule has 0 aliphatic rings. The highest BCUT2D eigenvalue weighted by Crippen LogP contribution is 2.30. The summed E-state index contributed by atoms with van der Waals surface area (Å²) in [5.74, 6) is 0. The molecule has 0 fully saturated rings. The molecule has 0 bridgehead atoms. The molecule has 106 valence electrons. The average Bonchev–Trinajstić information content (AvgIpc) is 2.51. The van der Waals surface area contributed by atoms with Gasteiger partial charge in [0.15, 0.2) is 0 Å². The summed E-state index contributed by atoms with van der Waals surface area (Å²) in [5, 5.41) is 2.17. The summed E-state index contributed by atoms with van der Waals surface area (Å²) in [4.78, 5) is 12.9. The fourth-order valence-corrected chi connectivity index (χ4v) is 3.21. The quantitative estimate of drug-likeness (QED) is 0.661.